The molecule has 0 radical (unpaired) electrons. The fraction of sp³-hybridized carbons (Fsp3) is 0.432. The van der Waals surface area contributed by atoms with Gasteiger partial charge in [0.25, 0.3) is 5.91 Å². The number of amides is 1. The van der Waals surface area contributed by atoms with Crippen molar-refractivity contribution in [3.8, 4) is 11.3 Å². The second kappa shape index (κ2) is 13.5. The second-order valence-electron chi connectivity index (χ2n) is 13.1. The minimum absolute atomic E-state index is 0.110. The maximum Gasteiger partial charge on any atom is 0.255 e. The number of hydrogen-bond donors (Lipinski definition) is 4. The summed E-state index contributed by atoms with van der Waals surface area (Å²) >= 11 is 0. The van der Waals surface area contributed by atoms with Gasteiger partial charge in [-0.25, -0.2) is 4.98 Å². The molecule has 2 aromatic heterocycles. The molecule has 5 N–H and O–H groups in total. The summed E-state index contributed by atoms with van der Waals surface area (Å²) in [6.07, 6.45) is 13.7. The van der Waals surface area contributed by atoms with Crippen LogP contribution in [0.25, 0.3) is 28.2 Å². The number of nitrogens with one attached hydrogen (secondary N) is 2. The van der Waals surface area contributed by atoms with Crippen LogP contribution in [0, 0.1) is 12.8 Å². The van der Waals surface area contributed by atoms with Gasteiger partial charge in [-0.1, -0.05) is 57.0 Å². The quantitative estimate of drug-likeness (QED) is 0.190. The van der Waals surface area contributed by atoms with Crippen LogP contribution in [0.2, 0.25) is 0 Å². The molecular weight excluding hydrogens is 560 g/mol. The van der Waals surface area contributed by atoms with Crippen molar-refractivity contribution in [1.29, 1.82) is 0 Å². The first-order valence-electron chi connectivity index (χ1n) is 16.6. The zero-order valence-corrected chi connectivity index (χ0v) is 26.7. The van der Waals surface area contributed by atoms with E-state index in [0.29, 0.717) is 17.3 Å². The highest BCUT2D eigenvalue weighted by molar-refractivity contribution is 6.07. The monoisotopic (exact) mass is 606 g/mol. The van der Waals surface area contributed by atoms with Gasteiger partial charge in [0.05, 0.1) is 16.9 Å². The number of aryl methyl sites for hydroxylation is 1. The molecule has 1 fully saturated rings. The summed E-state index contributed by atoms with van der Waals surface area (Å²) in [4.78, 5) is 18.1. The van der Waals surface area contributed by atoms with Gasteiger partial charge in [-0.3, -0.25) is 14.8 Å². The van der Waals surface area contributed by atoms with Gasteiger partial charge in [-0.15, -0.1) is 0 Å². The molecule has 45 heavy (non-hydrogen) atoms. The van der Waals surface area contributed by atoms with E-state index in [-0.39, 0.29) is 17.9 Å². The van der Waals surface area contributed by atoms with Crippen LogP contribution in [-0.2, 0) is 0 Å². The Bertz CT molecular complexity index is 1710. The molecule has 2 unspecified atom stereocenters. The molecule has 8 heteroatoms. The molecule has 1 aliphatic heterocycles. The number of nitrogen functional groups attached to an aromatic ring is 1. The van der Waals surface area contributed by atoms with E-state index < -0.39 is 6.23 Å². The smallest absolute Gasteiger partial charge is 0.255 e. The highest BCUT2D eigenvalue weighted by Crippen LogP contribution is 2.40. The Morgan fingerprint density at radius 1 is 1.11 bits per heavy atom. The summed E-state index contributed by atoms with van der Waals surface area (Å²) in [7, 11) is 0. The van der Waals surface area contributed by atoms with E-state index >= 15 is 0 Å². The predicted octanol–water partition coefficient (Wildman–Crippen LogP) is 7.59. The summed E-state index contributed by atoms with van der Waals surface area (Å²) in [6, 6.07) is 13.8. The standard InChI is InChI=1S/C37H46N6O2/c1-23(2)31-17-16-29(19-24(31)3)41-37(45)26-13-9-12-25(20-26)33-32-34-28(22-40-35(32)38)11-7-5-4-6-8-18-39-36(44)27-14-10-15-30(21-27)43(34)42-33/h7,9,11-13,16-17,19-20,22-23,27,30,36,39,44H,4-6,8,10,14-15,18,21H2,1-3H3,(H2,38,40)(H,41,45)/b11-7+/t27?,30-,36?/m1/s1. The average Bonchev–Trinajstić information content (AvgIpc) is 3.45. The van der Waals surface area contributed by atoms with E-state index in [2.05, 4.69) is 59.3 Å². The number of nitrogens with zero attached hydrogens (tertiary/aromatic N) is 3. The van der Waals surface area contributed by atoms with Gasteiger partial charge in [-0.2, -0.15) is 5.10 Å². The number of pyridine rings is 1. The number of allylic oxidation sites excluding steroid dienone is 1. The molecule has 6 rings (SSSR count). The number of aliphatic hydroxyl groups is 1. The Morgan fingerprint density at radius 2 is 1.98 bits per heavy atom. The topological polar surface area (TPSA) is 118 Å². The molecule has 4 aromatic rings. The maximum absolute atomic E-state index is 13.5. The molecule has 2 aromatic carbocycles. The third kappa shape index (κ3) is 6.67. The van der Waals surface area contributed by atoms with Crippen molar-refractivity contribution >= 4 is 34.4 Å². The summed E-state index contributed by atoms with van der Waals surface area (Å²) in [5.74, 6) is 0.821. The lowest BCUT2D eigenvalue weighted by atomic mass is 9.84. The third-order valence-corrected chi connectivity index (χ3v) is 9.51. The fourth-order valence-electron chi connectivity index (χ4n) is 7.12. The van der Waals surface area contributed by atoms with Crippen LogP contribution in [0.5, 0.6) is 0 Å². The SMILES string of the molecule is Cc1cc(NC(=O)c2cccc(-c3nn4c5c(cnc(N)c35)/C=C/CCCCCNC(O)C3CCC[C@@H]4C3)c2)ccc1C(C)C. The fourth-order valence-corrected chi connectivity index (χ4v) is 7.12. The molecule has 0 saturated heterocycles. The van der Waals surface area contributed by atoms with Crippen molar-refractivity contribution in [2.75, 3.05) is 17.6 Å². The van der Waals surface area contributed by atoms with Crippen molar-refractivity contribution in [1.82, 2.24) is 20.1 Å². The van der Waals surface area contributed by atoms with Gasteiger partial charge in [0.15, 0.2) is 0 Å². The minimum Gasteiger partial charge on any atom is -0.383 e. The van der Waals surface area contributed by atoms with Crippen LogP contribution in [0.3, 0.4) is 0 Å². The van der Waals surface area contributed by atoms with Gasteiger partial charge >= 0.3 is 0 Å². The number of hydrogen-bond acceptors (Lipinski definition) is 6. The number of fused-ring (bicyclic) bond motifs is 3. The number of aliphatic hydroxyl groups excluding tert-OH is 1. The summed E-state index contributed by atoms with van der Waals surface area (Å²) in [6.45, 7) is 7.25. The number of benzene rings is 2. The van der Waals surface area contributed by atoms with Gasteiger partial charge < -0.3 is 16.2 Å². The largest absolute Gasteiger partial charge is 0.383 e. The summed E-state index contributed by atoms with van der Waals surface area (Å²) in [5.41, 5.74) is 13.9. The van der Waals surface area contributed by atoms with Crippen LogP contribution >= 0.6 is 0 Å². The normalized spacial score (nSPS) is 21.7. The lowest BCUT2D eigenvalue weighted by Gasteiger charge is -2.33. The van der Waals surface area contributed by atoms with Gasteiger partial charge in [0.1, 0.15) is 17.7 Å². The molecule has 1 aliphatic carbocycles. The lowest BCUT2D eigenvalue weighted by molar-refractivity contribution is 0.0427. The summed E-state index contributed by atoms with van der Waals surface area (Å²) < 4.78 is 2.13. The number of carbonyl (C=O) groups is 1. The third-order valence-electron chi connectivity index (χ3n) is 9.51. The van der Waals surface area contributed by atoms with E-state index in [1.807, 2.05) is 42.6 Å². The van der Waals surface area contributed by atoms with Crippen molar-refractivity contribution < 1.29 is 9.90 Å². The van der Waals surface area contributed by atoms with E-state index in [4.69, 9.17) is 10.8 Å². The first-order valence-corrected chi connectivity index (χ1v) is 16.6. The molecule has 236 valence electrons. The minimum atomic E-state index is -0.524. The molecule has 3 atom stereocenters. The highest BCUT2D eigenvalue weighted by atomic mass is 16.3. The van der Waals surface area contributed by atoms with Crippen molar-refractivity contribution in [3.63, 3.8) is 0 Å². The van der Waals surface area contributed by atoms with Crippen molar-refractivity contribution in [3.05, 3.63) is 77.0 Å². The number of anilines is 2. The van der Waals surface area contributed by atoms with E-state index in [1.165, 1.54) is 5.56 Å². The Hall–Kier alpha value is -4.01. The maximum atomic E-state index is 13.5. The second-order valence-corrected chi connectivity index (χ2v) is 13.1. The molecule has 2 aliphatic rings. The van der Waals surface area contributed by atoms with Crippen molar-refractivity contribution in [2.24, 2.45) is 5.92 Å². The number of nitrogens with two attached hydrogens (primary N) is 1. The number of rotatable bonds is 4. The number of carbonyl (C=O) groups excluding carboxylic acids is 1. The first kappa shape index (κ1) is 31.0. The van der Waals surface area contributed by atoms with Crippen molar-refractivity contribution in [2.45, 2.75) is 90.3 Å². The average molecular weight is 607 g/mol. The zero-order chi connectivity index (χ0) is 31.5. The number of aromatic nitrogens is 3. The predicted molar refractivity (Wildman–Crippen MR) is 183 cm³/mol. The Labute approximate surface area is 266 Å². The molecule has 2 bridgehead atoms. The molecular formula is C37H46N6O2. The van der Waals surface area contributed by atoms with Gasteiger partial charge in [0.2, 0.25) is 0 Å². The highest BCUT2D eigenvalue weighted by Gasteiger charge is 2.31. The van der Waals surface area contributed by atoms with Gasteiger partial charge in [-0.05, 0) is 93.3 Å². The van der Waals surface area contributed by atoms with Crippen LogP contribution in [0.15, 0.2) is 54.7 Å². The van der Waals surface area contributed by atoms with Crippen LogP contribution in [-0.4, -0.2) is 38.6 Å². The molecule has 0 spiro atoms. The Balaban J connectivity index is 1.40. The molecule has 8 nitrogen and oxygen atoms in total. The van der Waals surface area contributed by atoms with Crippen LogP contribution in [0.4, 0.5) is 11.5 Å². The summed E-state index contributed by atoms with van der Waals surface area (Å²) in [5, 5.41) is 23.5. The Kier molecular flexibility index (Phi) is 9.33. The van der Waals surface area contributed by atoms with Gasteiger partial charge in [0, 0.05) is 34.5 Å². The lowest BCUT2D eigenvalue weighted by Crippen LogP contribution is -2.39. The van der Waals surface area contributed by atoms with Crippen LogP contribution in [0.1, 0.15) is 104 Å². The first-order chi connectivity index (χ1) is 21.8. The van der Waals surface area contributed by atoms with E-state index in [1.54, 1.807) is 0 Å². The van der Waals surface area contributed by atoms with E-state index in [9.17, 15) is 9.90 Å². The molecule has 3 heterocycles. The zero-order valence-electron chi connectivity index (χ0n) is 26.7. The molecule has 1 saturated carbocycles. The Morgan fingerprint density at radius 3 is 2.80 bits per heavy atom. The van der Waals surface area contributed by atoms with E-state index in [0.717, 1.165) is 96.9 Å². The molecule has 1 amide bonds. The van der Waals surface area contributed by atoms with Crippen LogP contribution < -0.4 is 16.4 Å².